The summed E-state index contributed by atoms with van der Waals surface area (Å²) < 4.78 is 44.9. The summed E-state index contributed by atoms with van der Waals surface area (Å²) in [7, 11) is -2.66. The van der Waals surface area contributed by atoms with Gasteiger partial charge in [0.25, 0.3) is 0 Å². The Morgan fingerprint density at radius 1 is 1.41 bits per heavy atom. The van der Waals surface area contributed by atoms with E-state index in [0.717, 1.165) is 10.4 Å². The highest BCUT2D eigenvalue weighted by Gasteiger charge is 2.37. The fourth-order valence-electron chi connectivity index (χ4n) is 2.55. The highest BCUT2D eigenvalue weighted by molar-refractivity contribution is 7.89. The molecule has 1 aromatic rings. The molecule has 1 aliphatic heterocycles. The first-order valence-corrected chi connectivity index (χ1v) is 8.29. The van der Waals surface area contributed by atoms with Crippen LogP contribution in [-0.4, -0.2) is 43.5 Å². The Hall–Kier alpha value is -1.67. The molecule has 1 aliphatic rings. The molecule has 0 bridgehead atoms. The molecule has 0 aliphatic carbocycles. The highest BCUT2D eigenvalue weighted by atomic mass is 32.2. The predicted octanol–water partition coefficient (Wildman–Crippen LogP) is 1.71. The van der Waals surface area contributed by atoms with Crippen molar-refractivity contribution in [2.45, 2.75) is 30.7 Å². The molecular weight excluding hydrogens is 313 g/mol. The van der Waals surface area contributed by atoms with Gasteiger partial charge in [0.05, 0.1) is 17.9 Å². The van der Waals surface area contributed by atoms with E-state index in [1.165, 1.54) is 19.2 Å². The molecule has 2 rings (SSSR count). The van der Waals surface area contributed by atoms with Crippen molar-refractivity contribution in [2.75, 3.05) is 13.7 Å². The van der Waals surface area contributed by atoms with Gasteiger partial charge < -0.3 is 9.84 Å². The lowest BCUT2D eigenvalue weighted by atomic mass is 9.96. The minimum atomic E-state index is -3.95. The Bertz CT molecular complexity index is 676. The van der Waals surface area contributed by atoms with E-state index in [-0.39, 0.29) is 23.2 Å². The number of hydrogen-bond acceptors (Lipinski definition) is 4. The normalized spacial score (nSPS) is 23.2. The summed E-state index contributed by atoms with van der Waals surface area (Å²) in [6.07, 6.45) is 0.883. The van der Waals surface area contributed by atoms with Gasteiger partial charge in [-0.2, -0.15) is 4.31 Å². The third-order valence-corrected chi connectivity index (χ3v) is 5.88. The van der Waals surface area contributed by atoms with Gasteiger partial charge in [-0.15, -0.1) is 0 Å². The molecule has 6 nitrogen and oxygen atoms in total. The molecule has 1 saturated heterocycles. The number of hydrogen-bond donors (Lipinski definition) is 1. The fraction of sp³-hybridized carbons (Fsp3) is 0.500. The molecule has 0 aromatic heterocycles. The monoisotopic (exact) mass is 331 g/mol. The number of carboxylic acids is 1. The van der Waals surface area contributed by atoms with Gasteiger partial charge in [-0.25, -0.2) is 12.8 Å². The second-order valence-electron chi connectivity index (χ2n) is 5.33. The summed E-state index contributed by atoms with van der Waals surface area (Å²) in [5, 5.41) is 9.09. The summed E-state index contributed by atoms with van der Waals surface area (Å²) >= 11 is 0. The van der Waals surface area contributed by atoms with Crippen molar-refractivity contribution in [1.82, 2.24) is 4.31 Å². The van der Waals surface area contributed by atoms with Crippen LogP contribution in [0.15, 0.2) is 23.1 Å². The van der Waals surface area contributed by atoms with Gasteiger partial charge in [-0.1, -0.05) is 0 Å². The zero-order chi connectivity index (χ0) is 16.5. The second-order valence-corrected chi connectivity index (χ2v) is 7.22. The molecule has 1 aromatic carbocycles. The predicted molar refractivity (Wildman–Crippen MR) is 76.7 cm³/mol. The number of nitrogens with zero attached hydrogens (tertiary/aromatic N) is 1. The smallest absolute Gasteiger partial charge is 0.307 e. The van der Waals surface area contributed by atoms with Crippen molar-refractivity contribution >= 4 is 16.0 Å². The van der Waals surface area contributed by atoms with E-state index in [9.17, 15) is 17.6 Å². The van der Waals surface area contributed by atoms with Crippen LogP contribution in [-0.2, 0) is 14.8 Å². The maximum Gasteiger partial charge on any atom is 0.307 e. The summed E-state index contributed by atoms with van der Waals surface area (Å²) in [5.41, 5.74) is 0. The number of carboxylic acid groups (broad SMARTS) is 1. The van der Waals surface area contributed by atoms with Gasteiger partial charge in [0.2, 0.25) is 10.0 Å². The van der Waals surface area contributed by atoms with E-state index >= 15 is 0 Å². The van der Waals surface area contributed by atoms with Gasteiger partial charge >= 0.3 is 5.97 Å². The zero-order valence-corrected chi connectivity index (χ0v) is 13.1. The Labute approximate surface area is 128 Å². The van der Waals surface area contributed by atoms with E-state index < -0.39 is 27.7 Å². The minimum Gasteiger partial charge on any atom is -0.494 e. The zero-order valence-electron chi connectivity index (χ0n) is 12.3. The van der Waals surface area contributed by atoms with Crippen molar-refractivity contribution in [3.05, 3.63) is 24.0 Å². The molecule has 122 valence electrons. The molecule has 2 atom stereocenters. The van der Waals surface area contributed by atoms with Crippen LogP contribution in [0.5, 0.6) is 5.75 Å². The lowest BCUT2D eigenvalue weighted by Crippen LogP contribution is -2.47. The number of piperidine rings is 1. The number of aliphatic carboxylic acids is 1. The summed E-state index contributed by atoms with van der Waals surface area (Å²) in [5.74, 6) is -2.58. The van der Waals surface area contributed by atoms with Gasteiger partial charge in [-0.3, -0.25) is 4.79 Å². The number of methoxy groups -OCH3 is 1. The first-order valence-electron chi connectivity index (χ1n) is 6.85. The average Bonchev–Trinajstić information content (AvgIpc) is 2.47. The number of rotatable bonds is 4. The van der Waals surface area contributed by atoms with E-state index in [0.29, 0.717) is 12.8 Å². The minimum absolute atomic E-state index is 0.0472. The van der Waals surface area contributed by atoms with E-state index in [2.05, 4.69) is 0 Å². The van der Waals surface area contributed by atoms with Crippen LogP contribution in [0.25, 0.3) is 0 Å². The lowest BCUT2D eigenvalue weighted by Gasteiger charge is -2.35. The Morgan fingerprint density at radius 3 is 2.64 bits per heavy atom. The van der Waals surface area contributed by atoms with Crippen LogP contribution in [0, 0.1) is 11.7 Å². The third kappa shape index (κ3) is 3.07. The molecule has 1 N–H and O–H groups in total. The Balaban J connectivity index is 2.36. The largest absolute Gasteiger partial charge is 0.494 e. The lowest BCUT2D eigenvalue weighted by molar-refractivity contribution is -0.143. The summed E-state index contributed by atoms with van der Waals surface area (Å²) in [6.45, 7) is 1.61. The number of ether oxygens (including phenoxy) is 1. The molecule has 8 heteroatoms. The number of sulfonamides is 1. The van der Waals surface area contributed by atoms with Crippen molar-refractivity contribution in [3.63, 3.8) is 0 Å². The van der Waals surface area contributed by atoms with Gasteiger partial charge in [0, 0.05) is 12.6 Å². The maximum atomic E-state index is 13.7. The molecule has 2 unspecified atom stereocenters. The molecule has 1 fully saturated rings. The Kier molecular flexibility index (Phi) is 4.72. The summed E-state index contributed by atoms with van der Waals surface area (Å²) in [4.78, 5) is 10.9. The van der Waals surface area contributed by atoms with Crippen molar-refractivity contribution in [1.29, 1.82) is 0 Å². The molecule has 0 radical (unpaired) electrons. The van der Waals surface area contributed by atoms with Gasteiger partial charge in [-0.05, 0) is 38.0 Å². The third-order valence-electron chi connectivity index (χ3n) is 3.90. The standard InChI is InChI=1S/C14H18FNO5S/c1-9-3-4-10(14(17)18)8-16(9)22(19,20)11-5-6-13(21-2)12(15)7-11/h5-7,9-10H,3-4,8H2,1-2H3,(H,17,18). The quantitative estimate of drug-likeness (QED) is 0.908. The van der Waals surface area contributed by atoms with Gasteiger partial charge in [0.15, 0.2) is 11.6 Å². The molecule has 22 heavy (non-hydrogen) atoms. The van der Waals surface area contributed by atoms with Crippen molar-refractivity contribution in [2.24, 2.45) is 5.92 Å². The first kappa shape index (κ1) is 16.7. The number of halogens is 1. The van der Waals surface area contributed by atoms with Gasteiger partial charge in [0.1, 0.15) is 0 Å². The number of benzene rings is 1. The molecule has 0 spiro atoms. The highest BCUT2D eigenvalue weighted by Crippen LogP contribution is 2.30. The topological polar surface area (TPSA) is 83.9 Å². The fourth-order valence-corrected chi connectivity index (χ4v) is 4.27. The molecule has 1 heterocycles. The molecule has 0 saturated carbocycles. The number of carbonyl (C=O) groups is 1. The SMILES string of the molecule is COc1ccc(S(=O)(=O)N2CC(C(=O)O)CCC2C)cc1F. The maximum absolute atomic E-state index is 13.7. The van der Waals surface area contributed by atoms with Crippen LogP contribution in [0.4, 0.5) is 4.39 Å². The van der Waals surface area contributed by atoms with E-state index in [4.69, 9.17) is 9.84 Å². The second kappa shape index (κ2) is 6.21. The average molecular weight is 331 g/mol. The van der Waals surface area contributed by atoms with Crippen LogP contribution < -0.4 is 4.74 Å². The van der Waals surface area contributed by atoms with Crippen molar-refractivity contribution < 1.29 is 27.4 Å². The van der Waals surface area contributed by atoms with E-state index in [1.54, 1.807) is 6.92 Å². The first-order chi connectivity index (χ1) is 10.3. The Morgan fingerprint density at radius 2 is 2.09 bits per heavy atom. The molecular formula is C14H18FNO5S. The van der Waals surface area contributed by atoms with Crippen LogP contribution in [0.2, 0.25) is 0 Å². The summed E-state index contributed by atoms with van der Waals surface area (Å²) in [6, 6.07) is 3.07. The van der Waals surface area contributed by atoms with Crippen LogP contribution in [0.3, 0.4) is 0 Å². The van der Waals surface area contributed by atoms with E-state index in [1.807, 2.05) is 0 Å². The van der Waals surface area contributed by atoms with Crippen LogP contribution in [0.1, 0.15) is 19.8 Å². The van der Waals surface area contributed by atoms with Crippen LogP contribution >= 0.6 is 0 Å². The van der Waals surface area contributed by atoms with Crippen molar-refractivity contribution in [3.8, 4) is 5.75 Å². The molecule has 0 amide bonds.